The molecule has 2 aromatic carbocycles. The Morgan fingerprint density at radius 3 is 2.62 bits per heavy atom. The maximum absolute atomic E-state index is 14.3. The Labute approximate surface area is 281 Å². The number of rotatable bonds is 7. The van der Waals surface area contributed by atoms with Crippen LogP contribution in [0.4, 0.5) is 13.2 Å². The smallest absolute Gasteiger partial charge is 0.417 e. The second-order valence-corrected chi connectivity index (χ2v) is 12.8. The van der Waals surface area contributed by atoms with E-state index in [0.717, 1.165) is 6.07 Å². The van der Waals surface area contributed by atoms with E-state index in [1.807, 2.05) is 18.0 Å². The molecule has 0 fully saturated rings. The van der Waals surface area contributed by atoms with Crippen LogP contribution < -0.4 is 10.3 Å². The molecule has 1 N–H and O–H groups in total. The summed E-state index contributed by atoms with van der Waals surface area (Å²) < 4.78 is 51.1. The Hall–Kier alpha value is -4.77. The van der Waals surface area contributed by atoms with Gasteiger partial charge in [-0.15, -0.1) is 11.3 Å². The topological polar surface area (TPSA) is 121 Å². The Kier molecular flexibility index (Phi) is 8.76. The molecule has 0 aliphatic carbocycles. The van der Waals surface area contributed by atoms with Crippen LogP contribution in [0.5, 0.6) is 5.75 Å². The van der Waals surface area contributed by atoms with Crippen molar-refractivity contribution in [3.8, 4) is 22.9 Å². The Bertz CT molecular complexity index is 2270. The van der Waals surface area contributed by atoms with Crippen molar-refractivity contribution < 1.29 is 27.8 Å². The summed E-state index contributed by atoms with van der Waals surface area (Å²) in [4.78, 5) is 36.4. The number of carboxylic acid groups (broad SMARTS) is 1. The van der Waals surface area contributed by atoms with Crippen LogP contribution in [0.25, 0.3) is 37.8 Å². The van der Waals surface area contributed by atoms with Gasteiger partial charge in [0, 0.05) is 45.9 Å². The minimum atomic E-state index is -4.77. The fraction of sp³-hybridized carbons (Fsp3) is 0.265. The third-order valence-corrected chi connectivity index (χ3v) is 9.51. The molecule has 0 saturated carbocycles. The Balaban J connectivity index is 1.40. The fourth-order valence-electron chi connectivity index (χ4n) is 5.99. The van der Waals surface area contributed by atoms with Crippen LogP contribution >= 0.6 is 22.9 Å². The normalized spacial score (nSPS) is 13.9. The Morgan fingerprint density at radius 2 is 1.96 bits per heavy atom. The average Bonchev–Trinajstić information content (AvgIpc) is 3.46. The lowest BCUT2D eigenvalue weighted by Gasteiger charge is -2.25. The summed E-state index contributed by atoms with van der Waals surface area (Å²) >= 11 is 7.60. The molecule has 3 aromatic heterocycles. The van der Waals surface area contributed by atoms with Crippen LogP contribution in [0, 0.1) is 25.2 Å². The molecule has 9 nitrogen and oxygen atoms in total. The number of fused-ring (bicyclic) bond motifs is 2. The molecule has 246 valence electrons. The average molecular weight is 694 g/mol. The first-order valence-electron chi connectivity index (χ1n) is 14.8. The van der Waals surface area contributed by atoms with Gasteiger partial charge < -0.3 is 14.7 Å². The van der Waals surface area contributed by atoms with Crippen molar-refractivity contribution in [2.75, 3.05) is 26.7 Å². The summed E-state index contributed by atoms with van der Waals surface area (Å²) in [5, 5.41) is 21.6. The van der Waals surface area contributed by atoms with Gasteiger partial charge in [-0.1, -0.05) is 17.7 Å². The van der Waals surface area contributed by atoms with E-state index in [1.165, 1.54) is 28.2 Å². The second kappa shape index (κ2) is 12.7. The molecule has 1 aliphatic heterocycles. The molecule has 14 heteroatoms. The van der Waals surface area contributed by atoms with E-state index < -0.39 is 23.3 Å². The molecular weight excluding hydrogens is 667 g/mol. The van der Waals surface area contributed by atoms with E-state index in [9.17, 15) is 33.1 Å². The highest BCUT2D eigenvalue weighted by molar-refractivity contribution is 7.18. The van der Waals surface area contributed by atoms with Gasteiger partial charge in [0.1, 0.15) is 24.3 Å². The van der Waals surface area contributed by atoms with Crippen LogP contribution in [0.3, 0.4) is 0 Å². The summed E-state index contributed by atoms with van der Waals surface area (Å²) in [6.45, 7) is 4.10. The number of carbonyl (C=O) groups is 1. The zero-order valence-corrected chi connectivity index (χ0v) is 27.5. The van der Waals surface area contributed by atoms with Gasteiger partial charge in [-0.2, -0.15) is 18.4 Å². The number of hydrogen-bond acceptors (Lipinski definition) is 8. The van der Waals surface area contributed by atoms with E-state index >= 15 is 0 Å². The van der Waals surface area contributed by atoms with Crippen LogP contribution in [-0.4, -0.2) is 57.3 Å². The molecule has 48 heavy (non-hydrogen) atoms. The van der Waals surface area contributed by atoms with Gasteiger partial charge >= 0.3 is 12.1 Å². The number of aromatic nitrogens is 3. The molecule has 0 radical (unpaired) electrons. The predicted octanol–water partition coefficient (Wildman–Crippen LogP) is 7.33. The molecule has 0 unspecified atom stereocenters. The number of likely N-dealkylation sites (N-methyl/N-ethyl adjacent to an activating group) is 1. The molecule has 6 rings (SSSR count). The van der Waals surface area contributed by atoms with Crippen LogP contribution in [0.2, 0.25) is 5.02 Å². The highest BCUT2D eigenvalue weighted by atomic mass is 35.5. The van der Waals surface area contributed by atoms with E-state index in [4.69, 9.17) is 16.3 Å². The van der Waals surface area contributed by atoms with Crippen LogP contribution in [-0.2, 0) is 12.7 Å². The van der Waals surface area contributed by atoms with Crippen molar-refractivity contribution in [3.63, 3.8) is 0 Å². The van der Waals surface area contributed by atoms with Crippen molar-refractivity contribution in [1.29, 1.82) is 5.26 Å². The summed E-state index contributed by atoms with van der Waals surface area (Å²) in [5.41, 5.74) is 0.157. The lowest BCUT2D eigenvalue weighted by molar-refractivity contribution is -0.137. The van der Waals surface area contributed by atoms with Crippen molar-refractivity contribution >= 4 is 55.6 Å². The SMILES string of the molecule is Cc1cc(-c2cc(Cl)ccc2OCCn2c(C)nc3cc(C(F)(F)F)c(C4=CCN(C)CC4)c(C#N)c3c2=O)c2scc(C(=O)O)c2n1. The summed E-state index contributed by atoms with van der Waals surface area (Å²) in [6.07, 6.45) is -2.82. The minimum Gasteiger partial charge on any atom is -0.491 e. The minimum absolute atomic E-state index is 0.0304. The fourth-order valence-corrected chi connectivity index (χ4v) is 7.18. The molecule has 0 amide bonds. The number of ether oxygens (including phenoxy) is 1. The first kappa shape index (κ1) is 33.1. The van der Waals surface area contributed by atoms with Gasteiger partial charge in [0.05, 0.1) is 44.4 Å². The van der Waals surface area contributed by atoms with Crippen molar-refractivity contribution in [2.45, 2.75) is 33.0 Å². The van der Waals surface area contributed by atoms with E-state index in [-0.39, 0.29) is 53.0 Å². The second-order valence-electron chi connectivity index (χ2n) is 11.5. The lowest BCUT2D eigenvalue weighted by atomic mass is 9.88. The molecule has 0 bridgehead atoms. The summed E-state index contributed by atoms with van der Waals surface area (Å²) in [5.74, 6) is -0.538. The third kappa shape index (κ3) is 6.03. The number of aromatic carboxylic acids is 1. The van der Waals surface area contributed by atoms with Gasteiger partial charge in [0.2, 0.25) is 0 Å². The molecule has 0 spiro atoms. The summed E-state index contributed by atoms with van der Waals surface area (Å²) in [7, 11) is 1.85. The van der Waals surface area contributed by atoms with Gasteiger partial charge in [0.15, 0.2) is 0 Å². The highest BCUT2D eigenvalue weighted by Gasteiger charge is 2.37. The van der Waals surface area contributed by atoms with Crippen LogP contribution in [0.15, 0.2) is 46.6 Å². The largest absolute Gasteiger partial charge is 0.491 e. The first-order valence-corrected chi connectivity index (χ1v) is 16.0. The first-order chi connectivity index (χ1) is 22.8. The van der Waals surface area contributed by atoms with Gasteiger partial charge in [-0.05, 0) is 63.2 Å². The number of benzene rings is 2. The lowest BCUT2D eigenvalue weighted by Crippen LogP contribution is -2.28. The number of aryl methyl sites for hydroxylation is 2. The third-order valence-electron chi connectivity index (χ3n) is 8.27. The van der Waals surface area contributed by atoms with E-state index in [2.05, 4.69) is 9.97 Å². The van der Waals surface area contributed by atoms with E-state index in [1.54, 1.807) is 37.3 Å². The number of halogens is 4. The highest BCUT2D eigenvalue weighted by Crippen LogP contribution is 2.42. The van der Waals surface area contributed by atoms with Crippen molar-refractivity contribution in [2.24, 2.45) is 0 Å². The molecule has 1 aliphatic rings. The number of carboxylic acids is 1. The van der Waals surface area contributed by atoms with Crippen molar-refractivity contribution in [1.82, 2.24) is 19.4 Å². The quantitative estimate of drug-likeness (QED) is 0.188. The molecular formula is C34H27ClF3N5O4S. The van der Waals surface area contributed by atoms with E-state index in [0.29, 0.717) is 56.5 Å². The van der Waals surface area contributed by atoms with Gasteiger partial charge in [-0.3, -0.25) is 14.3 Å². The number of hydrogen-bond donors (Lipinski definition) is 1. The maximum atomic E-state index is 14.3. The predicted molar refractivity (Wildman–Crippen MR) is 178 cm³/mol. The van der Waals surface area contributed by atoms with Gasteiger partial charge in [0.25, 0.3) is 5.56 Å². The Morgan fingerprint density at radius 1 is 1.19 bits per heavy atom. The number of pyridine rings is 1. The molecule has 0 atom stereocenters. The monoisotopic (exact) mass is 693 g/mol. The molecule has 4 heterocycles. The van der Waals surface area contributed by atoms with Crippen LogP contribution in [0.1, 0.15) is 45.0 Å². The number of nitrogens with zero attached hydrogens (tertiary/aromatic N) is 5. The van der Waals surface area contributed by atoms with Gasteiger partial charge in [-0.25, -0.2) is 9.78 Å². The maximum Gasteiger partial charge on any atom is 0.417 e. The number of thiophene rings is 1. The molecule has 0 saturated heterocycles. The molecule has 5 aromatic rings. The standard InChI is InChI=1S/C34H27ClF3N5O4S/c1-17-12-22(31-30(40-17)24(16-48-31)33(45)46)21-13-20(35)4-5-27(21)47-11-10-43-18(2)41-26-14-25(34(36,37)38)28(19-6-8-42(3)9-7-19)23(15-39)29(26)32(43)44/h4-6,12-14,16H,7-11H2,1-3H3,(H,45,46). The zero-order chi connectivity index (χ0) is 34.5. The number of nitriles is 1. The van der Waals surface area contributed by atoms with Crippen molar-refractivity contribution in [3.05, 3.63) is 90.9 Å². The summed E-state index contributed by atoms with van der Waals surface area (Å²) in [6, 6.07) is 9.55. The zero-order valence-electron chi connectivity index (χ0n) is 25.9. The number of alkyl halides is 3.